The van der Waals surface area contributed by atoms with E-state index in [9.17, 15) is 4.79 Å². The second kappa shape index (κ2) is 9.06. The van der Waals surface area contributed by atoms with Crippen LogP contribution in [0.25, 0.3) is 10.6 Å². The quantitative estimate of drug-likeness (QED) is 0.760. The number of ether oxygens (including phenoxy) is 1. The second-order valence-corrected chi connectivity index (χ2v) is 7.25. The molecule has 6 heteroatoms. The maximum Gasteiger partial charge on any atom is 0.222 e. The van der Waals surface area contributed by atoms with Gasteiger partial charge in [-0.1, -0.05) is 0 Å². The topological polar surface area (TPSA) is 55.3 Å². The fourth-order valence-electron chi connectivity index (χ4n) is 3.15. The molecule has 1 fully saturated rings. The van der Waals surface area contributed by atoms with Crippen LogP contribution in [0.1, 0.15) is 31.9 Å². The van der Waals surface area contributed by atoms with Gasteiger partial charge >= 0.3 is 0 Å². The SMILES string of the molecule is CCOCC1CCCN(C(=O)CCc2csc(-c3cccnc3)n2)C1. The Morgan fingerprint density at radius 1 is 1.48 bits per heavy atom. The van der Waals surface area contributed by atoms with Gasteiger partial charge in [0.15, 0.2) is 0 Å². The molecule has 3 heterocycles. The van der Waals surface area contributed by atoms with E-state index in [0.29, 0.717) is 18.8 Å². The van der Waals surface area contributed by atoms with Crippen molar-refractivity contribution >= 4 is 17.2 Å². The van der Waals surface area contributed by atoms with Gasteiger partial charge in [0.1, 0.15) is 5.01 Å². The number of rotatable bonds is 7. The van der Waals surface area contributed by atoms with Gasteiger partial charge in [-0.2, -0.15) is 0 Å². The van der Waals surface area contributed by atoms with E-state index in [4.69, 9.17) is 4.74 Å². The van der Waals surface area contributed by atoms with Gasteiger partial charge in [-0.3, -0.25) is 9.78 Å². The Hall–Kier alpha value is -1.79. The second-order valence-electron chi connectivity index (χ2n) is 6.39. The van der Waals surface area contributed by atoms with Crippen LogP contribution in [0.3, 0.4) is 0 Å². The van der Waals surface area contributed by atoms with Crippen LogP contribution in [-0.4, -0.2) is 47.1 Å². The van der Waals surface area contributed by atoms with E-state index in [-0.39, 0.29) is 5.91 Å². The summed E-state index contributed by atoms with van der Waals surface area (Å²) in [5.41, 5.74) is 2.01. The van der Waals surface area contributed by atoms with Crippen molar-refractivity contribution in [1.82, 2.24) is 14.9 Å². The summed E-state index contributed by atoms with van der Waals surface area (Å²) in [7, 11) is 0. The minimum Gasteiger partial charge on any atom is -0.381 e. The van der Waals surface area contributed by atoms with Crippen molar-refractivity contribution in [2.75, 3.05) is 26.3 Å². The van der Waals surface area contributed by atoms with E-state index >= 15 is 0 Å². The Kier molecular flexibility index (Phi) is 6.53. The van der Waals surface area contributed by atoms with E-state index in [1.165, 1.54) is 0 Å². The highest BCUT2D eigenvalue weighted by Gasteiger charge is 2.23. The molecule has 2 aromatic heterocycles. The summed E-state index contributed by atoms with van der Waals surface area (Å²) in [5, 5.41) is 3.01. The predicted molar refractivity (Wildman–Crippen MR) is 99.5 cm³/mol. The summed E-state index contributed by atoms with van der Waals surface area (Å²) in [4.78, 5) is 23.3. The standard InChI is InChI=1S/C19H25N3O2S/c1-2-24-13-15-5-4-10-22(12-15)18(23)8-7-17-14-25-19(21-17)16-6-3-9-20-11-16/h3,6,9,11,14-15H,2,4-5,7-8,10,12-13H2,1H3. The van der Waals surface area contributed by atoms with Crippen LogP contribution in [-0.2, 0) is 16.0 Å². The van der Waals surface area contributed by atoms with Gasteiger partial charge < -0.3 is 9.64 Å². The average molecular weight is 359 g/mol. The zero-order valence-electron chi connectivity index (χ0n) is 14.7. The minimum atomic E-state index is 0.233. The molecule has 1 unspecified atom stereocenters. The van der Waals surface area contributed by atoms with Gasteiger partial charge in [-0.15, -0.1) is 11.3 Å². The Balaban J connectivity index is 1.50. The summed E-state index contributed by atoms with van der Waals surface area (Å²) >= 11 is 1.61. The largest absolute Gasteiger partial charge is 0.381 e. The molecule has 25 heavy (non-hydrogen) atoms. The first kappa shape index (κ1) is 18.0. The van der Waals surface area contributed by atoms with Crippen LogP contribution in [0, 0.1) is 5.92 Å². The van der Waals surface area contributed by atoms with E-state index in [1.54, 1.807) is 17.5 Å². The smallest absolute Gasteiger partial charge is 0.222 e. The third-order valence-electron chi connectivity index (χ3n) is 4.48. The number of hydrogen-bond donors (Lipinski definition) is 0. The molecule has 0 aromatic carbocycles. The van der Waals surface area contributed by atoms with Gasteiger partial charge in [0.25, 0.3) is 0 Å². The molecule has 0 saturated carbocycles. The Morgan fingerprint density at radius 2 is 2.40 bits per heavy atom. The van der Waals surface area contributed by atoms with Crippen molar-refractivity contribution in [2.45, 2.75) is 32.6 Å². The molecule has 3 rings (SSSR count). The zero-order valence-corrected chi connectivity index (χ0v) is 15.5. The fourth-order valence-corrected chi connectivity index (χ4v) is 3.99. The molecule has 0 N–H and O–H groups in total. The first-order valence-corrected chi connectivity index (χ1v) is 9.84. The molecule has 0 aliphatic carbocycles. The van der Waals surface area contributed by atoms with Crippen molar-refractivity contribution in [3.8, 4) is 10.6 Å². The lowest BCUT2D eigenvalue weighted by atomic mass is 9.98. The molecule has 5 nitrogen and oxygen atoms in total. The van der Waals surface area contributed by atoms with Gasteiger partial charge in [0.05, 0.1) is 12.3 Å². The van der Waals surface area contributed by atoms with E-state index in [0.717, 1.165) is 55.4 Å². The molecule has 0 radical (unpaired) electrons. The number of likely N-dealkylation sites (tertiary alicyclic amines) is 1. The average Bonchev–Trinajstić information content (AvgIpc) is 3.14. The van der Waals surface area contributed by atoms with Crippen LogP contribution in [0.4, 0.5) is 0 Å². The van der Waals surface area contributed by atoms with Crippen LogP contribution >= 0.6 is 11.3 Å². The number of hydrogen-bond acceptors (Lipinski definition) is 5. The molecule has 1 amide bonds. The van der Waals surface area contributed by atoms with E-state index in [2.05, 4.69) is 9.97 Å². The van der Waals surface area contributed by atoms with Crippen molar-refractivity contribution < 1.29 is 9.53 Å². The maximum absolute atomic E-state index is 12.5. The van der Waals surface area contributed by atoms with Gasteiger partial charge in [0.2, 0.25) is 5.91 Å². The highest BCUT2D eigenvalue weighted by Crippen LogP contribution is 2.23. The summed E-state index contributed by atoms with van der Waals surface area (Å²) in [5.74, 6) is 0.714. The van der Waals surface area contributed by atoms with Crippen LogP contribution < -0.4 is 0 Å². The third kappa shape index (κ3) is 5.09. The number of nitrogens with zero attached hydrogens (tertiary/aromatic N) is 3. The first-order chi connectivity index (χ1) is 12.3. The molecule has 1 aliphatic rings. The summed E-state index contributed by atoms with van der Waals surface area (Å²) in [6.45, 7) is 5.23. The summed E-state index contributed by atoms with van der Waals surface area (Å²) in [6, 6.07) is 3.92. The van der Waals surface area contributed by atoms with Crippen molar-refractivity contribution in [3.05, 3.63) is 35.6 Å². The zero-order chi connectivity index (χ0) is 17.5. The number of aryl methyl sites for hydroxylation is 1. The Morgan fingerprint density at radius 3 is 3.20 bits per heavy atom. The highest BCUT2D eigenvalue weighted by atomic mass is 32.1. The normalized spacial score (nSPS) is 17.6. The number of carbonyl (C=O) groups is 1. The van der Waals surface area contributed by atoms with Crippen LogP contribution in [0.15, 0.2) is 29.9 Å². The van der Waals surface area contributed by atoms with Crippen molar-refractivity contribution in [2.24, 2.45) is 5.92 Å². The molecule has 1 atom stereocenters. The monoisotopic (exact) mass is 359 g/mol. The van der Waals surface area contributed by atoms with E-state index in [1.807, 2.05) is 35.5 Å². The molecular formula is C19H25N3O2S. The van der Waals surface area contributed by atoms with E-state index < -0.39 is 0 Å². The molecule has 0 spiro atoms. The fraction of sp³-hybridized carbons (Fsp3) is 0.526. The first-order valence-electron chi connectivity index (χ1n) is 8.96. The molecule has 1 saturated heterocycles. The summed E-state index contributed by atoms with van der Waals surface area (Å²) in [6.07, 6.45) is 7.03. The summed E-state index contributed by atoms with van der Waals surface area (Å²) < 4.78 is 5.52. The molecule has 134 valence electrons. The number of pyridine rings is 1. The molecular weight excluding hydrogens is 334 g/mol. The lowest BCUT2D eigenvalue weighted by molar-refractivity contribution is -0.133. The van der Waals surface area contributed by atoms with Crippen molar-refractivity contribution in [1.29, 1.82) is 0 Å². The molecule has 2 aromatic rings. The molecule has 0 bridgehead atoms. The Labute approximate surface area is 153 Å². The predicted octanol–water partition coefficient (Wildman–Crippen LogP) is 3.41. The maximum atomic E-state index is 12.5. The third-order valence-corrected chi connectivity index (χ3v) is 5.42. The van der Waals surface area contributed by atoms with Crippen molar-refractivity contribution in [3.63, 3.8) is 0 Å². The number of carbonyl (C=O) groups excluding carboxylic acids is 1. The van der Waals surface area contributed by atoms with Crippen LogP contribution in [0.5, 0.6) is 0 Å². The lowest BCUT2D eigenvalue weighted by Crippen LogP contribution is -2.41. The Bertz CT molecular complexity index is 674. The number of amides is 1. The minimum absolute atomic E-state index is 0.233. The highest BCUT2D eigenvalue weighted by molar-refractivity contribution is 7.13. The van der Waals surface area contributed by atoms with Gasteiger partial charge in [0, 0.05) is 49.5 Å². The van der Waals surface area contributed by atoms with Crippen LogP contribution in [0.2, 0.25) is 0 Å². The molecule has 1 aliphatic heterocycles. The number of thiazole rings is 1. The number of piperidine rings is 1. The number of aromatic nitrogens is 2. The lowest BCUT2D eigenvalue weighted by Gasteiger charge is -2.32. The van der Waals surface area contributed by atoms with Gasteiger partial charge in [-0.25, -0.2) is 4.98 Å². The van der Waals surface area contributed by atoms with Gasteiger partial charge in [-0.05, 0) is 44.2 Å².